The third-order valence-corrected chi connectivity index (χ3v) is 5.51. The minimum Gasteiger partial charge on any atom is -0.367 e. The number of H-pyrrole nitrogens is 1. The van der Waals surface area contributed by atoms with E-state index >= 15 is 0 Å². The van der Waals surface area contributed by atoms with Crippen molar-refractivity contribution in [1.29, 1.82) is 0 Å². The molecule has 132 valence electrons. The summed E-state index contributed by atoms with van der Waals surface area (Å²) in [6.07, 6.45) is 2.14. The molecule has 1 aromatic carbocycles. The van der Waals surface area contributed by atoms with Crippen molar-refractivity contribution in [2.45, 2.75) is 65.5 Å². The molecule has 2 aromatic rings. The van der Waals surface area contributed by atoms with Crippen molar-refractivity contribution in [2.24, 2.45) is 5.41 Å². The second-order valence-corrected chi connectivity index (χ2v) is 9.26. The maximum absolute atomic E-state index is 6.58. The molecule has 1 fully saturated rings. The smallest absolute Gasteiger partial charge is 0.110 e. The average molecular weight is 329 g/mol. The van der Waals surface area contributed by atoms with E-state index in [0.29, 0.717) is 12.5 Å². The normalized spacial score (nSPS) is 24.7. The highest BCUT2D eigenvalue weighted by Crippen LogP contribution is 2.45. The first-order chi connectivity index (χ1) is 11.1. The maximum Gasteiger partial charge on any atom is 0.110 e. The van der Waals surface area contributed by atoms with Gasteiger partial charge >= 0.3 is 0 Å². The highest BCUT2D eigenvalue weighted by molar-refractivity contribution is 5.84. The molecular formula is C21H32N2O. The molecule has 2 heterocycles. The molecule has 1 atom stereocenters. The fourth-order valence-electron chi connectivity index (χ4n) is 3.74. The molecule has 3 rings (SSSR count). The van der Waals surface area contributed by atoms with Crippen LogP contribution in [0.4, 0.5) is 0 Å². The van der Waals surface area contributed by atoms with Crippen molar-refractivity contribution in [3.8, 4) is 0 Å². The fourth-order valence-corrected chi connectivity index (χ4v) is 3.74. The van der Waals surface area contributed by atoms with Gasteiger partial charge in [0, 0.05) is 29.2 Å². The van der Waals surface area contributed by atoms with E-state index in [-0.39, 0.29) is 16.6 Å². The number of aromatic amines is 1. The van der Waals surface area contributed by atoms with Crippen LogP contribution in [0.3, 0.4) is 0 Å². The van der Waals surface area contributed by atoms with Crippen molar-refractivity contribution in [1.82, 2.24) is 10.3 Å². The van der Waals surface area contributed by atoms with Crippen LogP contribution >= 0.6 is 0 Å². The summed E-state index contributed by atoms with van der Waals surface area (Å²) in [7, 11) is 0. The van der Waals surface area contributed by atoms with Crippen molar-refractivity contribution in [3.05, 3.63) is 35.5 Å². The summed E-state index contributed by atoms with van der Waals surface area (Å²) < 4.78 is 6.58. The summed E-state index contributed by atoms with van der Waals surface area (Å²) in [5.41, 5.74) is 3.55. The van der Waals surface area contributed by atoms with Gasteiger partial charge in [0.25, 0.3) is 0 Å². The van der Waals surface area contributed by atoms with Crippen LogP contribution in [0.5, 0.6) is 0 Å². The molecule has 0 radical (unpaired) electrons. The minimum absolute atomic E-state index is 0.00151. The Hall–Kier alpha value is -1.32. The van der Waals surface area contributed by atoms with Gasteiger partial charge in [0.1, 0.15) is 5.60 Å². The van der Waals surface area contributed by atoms with E-state index in [1.165, 1.54) is 22.0 Å². The molecule has 1 aliphatic rings. The highest BCUT2D eigenvalue weighted by Gasteiger charge is 2.48. The van der Waals surface area contributed by atoms with Crippen molar-refractivity contribution in [3.63, 3.8) is 0 Å². The molecule has 1 saturated heterocycles. The number of morpholine rings is 1. The van der Waals surface area contributed by atoms with Gasteiger partial charge in [-0.25, -0.2) is 0 Å². The van der Waals surface area contributed by atoms with Crippen LogP contribution in [0, 0.1) is 5.41 Å². The Kier molecular flexibility index (Phi) is 4.09. The largest absolute Gasteiger partial charge is 0.367 e. The number of fused-ring (bicyclic) bond motifs is 1. The number of benzene rings is 1. The molecule has 24 heavy (non-hydrogen) atoms. The van der Waals surface area contributed by atoms with Crippen LogP contribution in [0.15, 0.2) is 24.4 Å². The van der Waals surface area contributed by atoms with Gasteiger partial charge in [0.2, 0.25) is 0 Å². The van der Waals surface area contributed by atoms with Crippen molar-refractivity contribution in [2.75, 3.05) is 13.2 Å². The third kappa shape index (κ3) is 2.78. The van der Waals surface area contributed by atoms with Crippen LogP contribution < -0.4 is 5.32 Å². The molecular weight excluding hydrogens is 296 g/mol. The first-order valence-corrected chi connectivity index (χ1v) is 9.06. The highest BCUT2D eigenvalue weighted by atomic mass is 16.5. The van der Waals surface area contributed by atoms with Crippen LogP contribution in [0.1, 0.15) is 65.5 Å². The summed E-state index contributed by atoms with van der Waals surface area (Å²) in [4.78, 5) is 3.41. The number of hydrogen-bond acceptors (Lipinski definition) is 2. The molecule has 0 aliphatic carbocycles. The molecule has 0 bridgehead atoms. The summed E-state index contributed by atoms with van der Waals surface area (Å²) >= 11 is 0. The van der Waals surface area contributed by atoms with Gasteiger partial charge < -0.3 is 15.0 Å². The van der Waals surface area contributed by atoms with Gasteiger partial charge in [-0.15, -0.1) is 0 Å². The van der Waals surface area contributed by atoms with E-state index in [2.05, 4.69) is 83.2 Å². The quantitative estimate of drug-likeness (QED) is 0.820. The maximum atomic E-state index is 6.58. The summed E-state index contributed by atoms with van der Waals surface area (Å²) in [5.74, 6) is 0.504. The van der Waals surface area contributed by atoms with E-state index in [0.717, 1.165) is 6.54 Å². The van der Waals surface area contributed by atoms with Gasteiger partial charge in [-0.1, -0.05) is 40.7 Å². The lowest BCUT2D eigenvalue weighted by Crippen LogP contribution is -2.62. The standard InChI is InChI=1S/C21H32N2O/c1-14(2)17-11-22-18-9-8-15(10-16(17)18)21(19(3,4)5)12-23-20(6,7)13-24-21/h8-11,14,22-23H,12-13H2,1-7H3. The topological polar surface area (TPSA) is 37.0 Å². The molecule has 1 aromatic heterocycles. The lowest BCUT2D eigenvalue weighted by Gasteiger charge is -2.51. The predicted octanol–water partition coefficient (Wildman–Crippen LogP) is 4.93. The summed E-state index contributed by atoms with van der Waals surface area (Å²) in [6, 6.07) is 6.77. The Balaban J connectivity index is 2.12. The number of nitrogens with one attached hydrogen (secondary N) is 2. The molecule has 0 amide bonds. The second-order valence-electron chi connectivity index (χ2n) is 9.26. The average Bonchev–Trinajstić information content (AvgIpc) is 2.89. The first kappa shape index (κ1) is 17.5. The van der Waals surface area contributed by atoms with Crippen molar-refractivity contribution >= 4 is 10.9 Å². The van der Waals surface area contributed by atoms with E-state index in [1.54, 1.807) is 0 Å². The second kappa shape index (κ2) is 5.60. The molecule has 3 nitrogen and oxygen atoms in total. The van der Waals surface area contributed by atoms with Gasteiger partial charge in [0.15, 0.2) is 0 Å². The SMILES string of the molecule is CC(C)c1c[nH]c2ccc(C3(C(C)(C)C)CNC(C)(C)CO3)cc12. The Labute approximate surface area is 146 Å². The minimum atomic E-state index is -0.317. The van der Waals surface area contributed by atoms with E-state index in [1.807, 2.05) is 0 Å². The number of rotatable bonds is 2. The zero-order valence-electron chi connectivity index (χ0n) is 16.2. The lowest BCUT2D eigenvalue weighted by molar-refractivity contribution is -0.165. The van der Waals surface area contributed by atoms with Crippen molar-refractivity contribution < 1.29 is 4.74 Å². The van der Waals surface area contributed by atoms with E-state index < -0.39 is 0 Å². The molecule has 0 spiro atoms. The monoisotopic (exact) mass is 328 g/mol. The van der Waals surface area contributed by atoms with Crippen LogP contribution in [0.2, 0.25) is 0 Å². The number of ether oxygens (including phenoxy) is 1. The molecule has 3 heteroatoms. The van der Waals surface area contributed by atoms with Gasteiger partial charge in [-0.3, -0.25) is 0 Å². The Morgan fingerprint density at radius 3 is 2.42 bits per heavy atom. The number of hydrogen-bond donors (Lipinski definition) is 2. The zero-order valence-corrected chi connectivity index (χ0v) is 16.2. The van der Waals surface area contributed by atoms with E-state index in [9.17, 15) is 0 Å². The van der Waals surface area contributed by atoms with E-state index in [4.69, 9.17) is 4.74 Å². The molecule has 1 unspecified atom stereocenters. The van der Waals surface area contributed by atoms with Crippen LogP contribution in [-0.2, 0) is 10.3 Å². The van der Waals surface area contributed by atoms with Gasteiger partial charge in [-0.2, -0.15) is 0 Å². The Morgan fingerprint density at radius 1 is 1.17 bits per heavy atom. The number of aromatic nitrogens is 1. The predicted molar refractivity (Wildman–Crippen MR) is 102 cm³/mol. The Morgan fingerprint density at radius 2 is 1.88 bits per heavy atom. The van der Waals surface area contributed by atoms with Crippen LogP contribution in [-0.4, -0.2) is 23.7 Å². The molecule has 1 aliphatic heterocycles. The van der Waals surface area contributed by atoms with Gasteiger partial charge in [-0.05, 0) is 48.4 Å². The third-order valence-electron chi connectivity index (χ3n) is 5.51. The zero-order chi connectivity index (χ0) is 17.8. The lowest BCUT2D eigenvalue weighted by atomic mass is 9.70. The van der Waals surface area contributed by atoms with Crippen LogP contribution in [0.25, 0.3) is 10.9 Å². The summed E-state index contributed by atoms with van der Waals surface area (Å²) in [6.45, 7) is 17.3. The molecule has 0 saturated carbocycles. The first-order valence-electron chi connectivity index (χ1n) is 9.06. The fraction of sp³-hybridized carbons (Fsp3) is 0.619. The van der Waals surface area contributed by atoms with Gasteiger partial charge in [0.05, 0.1) is 6.61 Å². The Bertz CT molecular complexity index is 724. The summed E-state index contributed by atoms with van der Waals surface area (Å²) in [5, 5.41) is 5.02. The molecule has 2 N–H and O–H groups in total.